The van der Waals surface area contributed by atoms with E-state index in [0.29, 0.717) is 0 Å². The molecule has 0 aliphatic heterocycles. The number of esters is 1. The lowest BCUT2D eigenvalue weighted by Gasteiger charge is -2.34. The summed E-state index contributed by atoms with van der Waals surface area (Å²) in [5.41, 5.74) is -5.03. The van der Waals surface area contributed by atoms with Gasteiger partial charge in [-0.05, 0) is 20.8 Å². The first kappa shape index (κ1) is 22.2. The number of ether oxygens (including phenoxy) is 1. The number of carbonyl (C=O) groups is 1. The second-order valence-electron chi connectivity index (χ2n) is 5.01. The summed E-state index contributed by atoms with van der Waals surface area (Å²) in [6, 6.07) is 0. The van der Waals surface area contributed by atoms with Gasteiger partial charge in [-0.1, -0.05) is 5.04 Å². The van der Waals surface area contributed by atoms with Crippen LogP contribution in [0.5, 0.6) is 0 Å². The van der Waals surface area contributed by atoms with Crippen LogP contribution in [0.4, 0.5) is 26.3 Å². The molecule has 6 nitrogen and oxygen atoms in total. The van der Waals surface area contributed by atoms with Crippen molar-refractivity contribution >= 4 is 18.0 Å². The van der Waals surface area contributed by atoms with Crippen molar-refractivity contribution in [1.29, 1.82) is 0 Å². The Morgan fingerprint density at radius 1 is 1.13 bits per heavy atom. The largest absolute Gasteiger partial charge is 0.461 e. The van der Waals surface area contributed by atoms with Gasteiger partial charge in [0.05, 0.1) is 12.0 Å². The summed E-state index contributed by atoms with van der Waals surface area (Å²) in [6.07, 6.45) is -15.9. The second-order valence-corrected chi connectivity index (χ2v) is 6.34. The molecule has 0 rings (SSSR count). The average molecular weight is 376 g/mol. The van der Waals surface area contributed by atoms with Gasteiger partial charge in [0.1, 0.15) is 10.9 Å². The van der Waals surface area contributed by atoms with Gasteiger partial charge in [-0.3, -0.25) is 4.79 Å². The topological polar surface area (TPSA) is 85.2 Å². The van der Waals surface area contributed by atoms with Crippen molar-refractivity contribution in [3.63, 3.8) is 0 Å². The van der Waals surface area contributed by atoms with Crippen LogP contribution in [-0.4, -0.2) is 45.1 Å². The summed E-state index contributed by atoms with van der Waals surface area (Å²) >= 11 is 0.204. The van der Waals surface area contributed by atoms with Crippen LogP contribution in [0.15, 0.2) is 0 Å². The van der Waals surface area contributed by atoms with E-state index < -0.39 is 41.2 Å². The number of hydrogen-bond donors (Lipinski definition) is 2. The third kappa shape index (κ3) is 5.67. The van der Waals surface area contributed by atoms with Crippen LogP contribution in [-0.2, 0) is 18.9 Å². The normalized spacial score (nSPS) is 15.4. The third-order valence-electron chi connectivity index (χ3n) is 2.59. The number of carbonyl (C=O) groups excluding carboxylic acids is 1. The molecule has 1 unspecified atom stereocenters. The lowest BCUT2D eigenvalue weighted by atomic mass is 9.95. The third-order valence-corrected chi connectivity index (χ3v) is 3.31. The first-order chi connectivity index (χ1) is 10.1. The molecule has 0 aliphatic rings. The Morgan fingerprint density at radius 2 is 1.57 bits per heavy atom. The van der Waals surface area contributed by atoms with E-state index >= 15 is 0 Å². The first-order valence-electron chi connectivity index (χ1n) is 5.81. The SMILES string of the molecule is CC(CC(O)(C(F)(F)F)C(F)(F)F)OC(=O)C(C)(C)SOOO. The standard InChI is InChI=1S/C10H14F6O6S/c1-5(20-6(17)7(2,3)23-22-21-19)4-8(18,9(11,12)13)10(14,15)16/h5,18-19H,4H2,1-3H3. The molecule has 0 amide bonds. The second kappa shape index (κ2) is 7.42. The Balaban J connectivity index is 5.05. The number of halogens is 6. The van der Waals surface area contributed by atoms with E-state index in [0.717, 1.165) is 20.8 Å². The molecule has 0 aliphatic carbocycles. The lowest BCUT2D eigenvalue weighted by molar-refractivity contribution is -0.432. The average Bonchev–Trinajstić information content (AvgIpc) is 2.33. The molecule has 0 spiro atoms. The van der Waals surface area contributed by atoms with Gasteiger partial charge in [0.15, 0.2) is 0 Å². The van der Waals surface area contributed by atoms with Crippen molar-refractivity contribution in [2.75, 3.05) is 0 Å². The Labute approximate surface area is 130 Å². The van der Waals surface area contributed by atoms with Gasteiger partial charge >= 0.3 is 18.3 Å². The smallest absolute Gasteiger partial charge is 0.426 e. The molecular weight excluding hydrogens is 362 g/mol. The Bertz CT molecular complexity index is 396. The van der Waals surface area contributed by atoms with Crippen molar-refractivity contribution < 1.29 is 55.6 Å². The van der Waals surface area contributed by atoms with Crippen molar-refractivity contribution in [2.24, 2.45) is 0 Å². The molecule has 23 heavy (non-hydrogen) atoms. The maximum absolute atomic E-state index is 12.5. The lowest BCUT2D eigenvalue weighted by Crippen LogP contribution is -2.58. The summed E-state index contributed by atoms with van der Waals surface area (Å²) in [6.45, 7) is 3.04. The zero-order chi connectivity index (χ0) is 18.7. The predicted molar refractivity (Wildman–Crippen MR) is 63.7 cm³/mol. The summed E-state index contributed by atoms with van der Waals surface area (Å²) in [7, 11) is 0. The van der Waals surface area contributed by atoms with Crippen LogP contribution in [0.2, 0.25) is 0 Å². The summed E-state index contributed by atoms with van der Waals surface area (Å²) in [5, 5.41) is 20.2. The maximum Gasteiger partial charge on any atom is 0.426 e. The minimum atomic E-state index is -6.01. The minimum absolute atomic E-state index is 0.204. The highest BCUT2D eigenvalue weighted by molar-refractivity contribution is 7.96. The molecule has 0 radical (unpaired) electrons. The maximum atomic E-state index is 12.5. The van der Waals surface area contributed by atoms with Crippen LogP contribution in [0.1, 0.15) is 27.2 Å². The van der Waals surface area contributed by atoms with Gasteiger partial charge in [0, 0.05) is 6.42 Å². The molecule has 0 heterocycles. The van der Waals surface area contributed by atoms with Crippen LogP contribution >= 0.6 is 12.0 Å². The van der Waals surface area contributed by atoms with Crippen LogP contribution < -0.4 is 0 Å². The van der Waals surface area contributed by atoms with Crippen LogP contribution in [0.3, 0.4) is 0 Å². The summed E-state index contributed by atoms with van der Waals surface area (Å²) < 4.78 is 81.9. The molecule has 0 aromatic heterocycles. The zero-order valence-corrected chi connectivity index (χ0v) is 12.8. The van der Waals surface area contributed by atoms with Crippen LogP contribution in [0, 0.1) is 0 Å². The van der Waals surface area contributed by atoms with E-state index in [1.54, 1.807) is 0 Å². The van der Waals surface area contributed by atoms with Gasteiger partial charge in [-0.25, -0.2) is 5.26 Å². The molecule has 0 fully saturated rings. The molecule has 2 N–H and O–H groups in total. The van der Waals surface area contributed by atoms with Gasteiger partial charge in [0.2, 0.25) is 0 Å². The molecule has 0 saturated carbocycles. The van der Waals surface area contributed by atoms with E-state index in [4.69, 9.17) is 10.4 Å². The molecule has 0 bridgehead atoms. The van der Waals surface area contributed by atoms with Gasteiger partial charge < -0.3 is 9.84 Å². The molecule has 138 valence electrons. The number of rotatable bonds is 7. The van der Waals surface area contributed by atoms with E-state index in [1.165, 1.54) is 0 Å². The van der Waals surface area contributed by atoms with Crippen molar-refractivity contribution in [3.8, 4) is 0 Å². The summed E-state index contributed by atoms with van der Waals surface area (Å²) in [5.74, 6) is -1.25. The Kier molecular flexibility index (Phi) is 7.18. The molecule has 0 aromatic carbocycles. The number of alkyl halides is 6. The van der Waals surface area contributed by atoms with Crippen molar-refractivity contribution in [3.05, 3.63) is 0 Å². The fourth-order valence-corrected chi connectivity index (χ4v) is 1.63. The van der Waals surface area contributed by atoms with E-state index in [1.807, 2.05) is 0 Å². The molecular formula is C10H14F6O6S. The quantitative estimate of drug-likeness (QED) is 0.232. The highest BCUT2D eigenvalue weighted by Crippen LogP contribution is 2.46. The van der Waals surface area contributed by atoms with Crippen molar-refractivity contribution in [1.82, 2.24) is 0 Å². The monoisotopic (exact) mass is 376 g/mol. The summed E-state index contributed by atoms with van der Waals surface area (Å²) in [4.78, 5) is 11.7. The Morgan fingerprint density at radius 3 is 1.91 bits per heavy atom. The molecule has 13 heteroatoms. The van der Waals surface area contributed by atoms with Crippen LogP contribution in [0.25, 0.3) is 0 Å². The fourth-order valence-electron chi connectivity index (χ4n) is 1.31. The highest BCUT2D eigenvalue weighted by Gasteiger charge is 2.70. The predicted octanol–water partition coefficient (Wildman–Crippen LogP) is 3.01. The van der Waals surface area contributed by atoms with Gasteiger partial charge in [-0.2, -0.15) is 26.3 Å². The number of aliphatic hydroxyl groups is 1. The first-order valence-corrected chi connectivity index (χ1v) is 6.55. The molecule has 0 aromatic rings. The molecule has 1 atom stereocenters. The van der Waals surface area contributed by atoms with Gasteiger partial charge in [-0.15, -0.1) is 4.33 Å². The number of hydrogen-bond acceptors (Lipinski definition) is 7. The minimum Gasteiger partial charge on any atom is -0.461 e. The van der Waals surface area contributed by atoms with Gasteiger partial charge in [0.25, 0.3) is 5.60 Å². The molecule has 0 saturated heterocycles. The van der Waals surface area contributed by atoms with Crippen molar-refractivity contribution in [2.45, 2.75) is 56.0 Å². The van der Waals surface area contributed by atoms with E-state index in [9.17, 15) is 31.1 Å². The zero-order valence-electron chi connectivity index (χ0n) is 12.0. The van der Waals surface area contributed by atoms with E-state index in [2.05, 4.69) is 14.1 Å². The Hall–Kier alpha value is -0.760. The van der Waals surface area contributed by atoms with E-state index in [-0.39, 0.29) is 12.0 Å². The highest BCUT2D eigenvalue weighted by atomic mass is 32.2. The fraction of sp³-hybridized carbons (Fsp3) is 0.900.